The van der Waals surface area contributed by atoms with Crippen molar-refractivity contribution >= 4 is 38.7 Å². The molecule has 0 saturated carbocycles. The number of rotatable bonds is 4. The minimum atomic E-state index is -3.24. The first kappa shape index (κ1) is 18.4. The van der Waals surface area contributed by atoms with Gasteiger partial charge in [0.2, 0.25) is 0 Å². The summed E-state index contributed by atoms with van der Waals surface area (Å²) >= 11 is 7.57. The van der Waals surface area contributed by atoms with Crippen molar-refractivity contribution in [1.29, 1.82) is 0 Å². The minimum absolute atomic E-state index is 0.0433. The summed E-state index contributed by atoms with van der Waals surface area (Å²) in [5, 5.41) is 0. The summed E-state index contributed by atoms with van der Waals surface area (Å²) < 4.78 is 23.8. The van der Waals surface area contributed by atoms with Gasteiger partial charge >= 0.3 is 0 Å². The highest BCUT2D eigenvalue weighted by Gasteiger charge is 2.25. The lowest BCUT2D eigenvalue weighted by molar-refractivity contribution is -0.917. The second-order valence-corrected chi connectivity index (χ2v) is 10.0. The van der Waals surface area contributed by atoms with Gasteiger partial charge in [-0.2, -0.15) is 0 Å². The van der Waals surface area contributed by atoms with Crippen molar-refractivity contribution in [2.75, 3.05) is 32.4 Å². The smallest absolute Gasteiger partial charge is 0.254 e. The average molecular weight is 400 g/mol. The maximum atomic E-state index is 12.6. The first-order chi connectivity index (χ1) is 11.8. The van der Waals surface area contributed by atoms with Crippen molar-refractivity contribution in [3.8, 4) is 0 Å². The van der Waals surface area contributed by atoms with Crippen LogP contribution < -0.4 is 4.90 Å². The van der Waals surface area contributed by atoms with Crippen molar-refractivity contribution in [3.05, 3.63) is 51.2 Å². The highest BCUT2D eigenvalue weighted by Crippen LogP contribution is 2.20. The fraction of sp³-hybridized carbons (Fsp3) is 0.353. The third kappa shape index (κ3) is 4.61. The van der Waals surface area contributed by atoms with Crippen LogP contribution in [0.5, 0.6) is 0 Å². The molecule has 1 N–H and O–H groups in total. The predicted octanol–water partition coefficient (Wildman–Crippen LogP) is 1.35. The van der Waals surface area contributed by atoms with Crippen LogP contribution in [0.3, 0.4) is 0 Å². The van der Waals surface area contributed by atoms with Crippen LogP contribution in [0.25, 0.3) is 0 Å². The number of benzene rings is 1. The number of carbonyl (C=O) groups excluding carboxylic acids is 1. The number of halogens is 1. The average Bonchev–Trinajstić information content (AvgIpc) is 2.99. The monoisotopic (exact) mass is 399 g/mol. The molecule has 0 bridgehead atoms. The van der Waals surface area contributed by atoms with E-state index in [2.05, 4.69) is 6.07 Å². The molecular formula is C17H20ClN2O3S2+. The summed E-state index contributed by atoms with van der Waals surface area (Å²) in [5.41, 5.74) is 0.529. The maximum Gasteiger partial charge on any atom is 0.254 e. The van der Waals surface area contributed by atoms with Crippen molar-refractivity contribution < 1.29 is 18.1 Å². The number of amides is 1. The molecule has 1 aliphatic heterocycles. The molecule has 0 spiro atoms. The Labute approximate surface area is 156 Å². The third-order valence-electron chi connectivity index (χ3n) is 4.34. The van der Waals surface area contributed by atoms with Crippen LogP contribution in [0.4, 0.5) is 0 Å². The van der Waals surface area contributed by atoms with Gasteiger partial charge < -0.3 is 9.80 Å². The second-order valence-electron chi connectivity index (χ2n) is 6.22. The van der Waals surface area contributed by atoms with Gasteiger partial charge in [-0.05, 0) is 36.4 Å². The Morgan fingerprint density at radius 3 is 2.32 bits per heavy atom. The Kier molecular flexibility index (Phi) is 5.48. The van der Waals surface area contributed by atoms with E-state index in [0.717, 1.165) is 30.2 Å². The normalized spacial score (nSPS) is 16.2. The summed E-state index contributed by atoms with van der Waals surface area (Å²) in [6, 6.07) is 10.1. The molecule has 1 aromatic carbocycles. The molecular weight excluding hydrogens is 380 g/mol. The summed E-state index contributed by atoms with van der Waals surface area (Å²) in [6.45, 7) is 4.11. The fourth-order valence-electron chi connectivity index (χ4n) is 2.92. The van der Waals surface area contributed by atoms with Gasteiger partial charge in [0.15, 0.2) is 9.84 Å². The van der Waals surface area contributed by atoms with E-state index in [1.807, 2.05) is 11.0 Å². The predicted molar refractivity (Wildman–Crippen MR) is 99.2 cm³/mol. The standard InChI is InChI=1S/C17H19ClN2O3S2/c1-25(22,23)15-5-2-13(3-6-15)17(21)20-10-8-19(9-11-20)12-14-4-7-16(18)24-14/h2-7H,8-12H2,1H3/p+1. The third-order valence-corrected chi connectivity index (χ3v) is 6.70. The van der Waals surface area contributed by atoms with E-state index in [4.69, 9.17) is 11.6 Å². The first-order valence-corrected chi connectivity index (χ1v) is 11.1. The Hall–Kier alpha value is -1.41. The Morgan fingerprint density at radius 2 is 1.80 bits per heavy atom. The molecule has 0 radical (unpaired) electrons. The number of sulfone groups is 1. The SMILES string of the molecule is CS(=O)(=O)c1ccc(C(=O)N2CC[NH+](Cc3ccc(Cl)s3)CC2)cc1. The molecule has 25 heavy (non-hydrogen) atoms. The van der Waals surface area contributed by atoms with E-state index >= 15 is 0 Å². The number of hydrogen-bond acceptors (Lipinski definition) is 4. The van der Waals surface area contributed by atoms with E-state index in [1.165, 1.54) is 21.9 Å². The lowest BCUT2D eigenvalue weighted by Crippen LogP contribution is -3.13. The minimum Gasteiger partial charge on any atom is -0.328 e. The molecule has 8 heteroatoms. The van der Waals surface area contributed by atoms with E-state index in [9.17, 15) is 13.2 Å². The zero-order chi connectivity index (χ0) is 18.0. The number of piperazine rings is 1. The topological polar surface area (TPSA) is 58.9 Å². The van der Waals surface area contributed by atoms with Crippen LogP contribution in [-0.2, 0) is 16.4 Å². The molecule has 1 aromatic heterocycles. The van der Waals surface area contributed by atoms with Crippen molar-refractivity contribution in [2.45, 2.75) is 11.4 Å². The highest BCUT2D eigenvalue weighted by atomic mass is 35.5. The van der Waals surface area contributed by atoms with E-state index in [1.54, 1.807) is 23.5 Å². The Balaban J connectivity index is 1.58. The van der Waals surface area contributed by atoms with E-state index < -0.39 is 9.84 Å². The van der Waals surface area contributed by atoms with Gasteiger partial charge in [0.25, 0.3) is 5.91 Å². The molecule has 1 fully saturated rings. The van der Waals surface area contributed by atoms with Crippen LogP contribution in [0.1, 0.15) is 15.2 Å². The van der Waals surface area contributed by atoms with Gasteiger partial charge in [0, 0.05) is 11.8 Å². The van der Waals surface area contributed by atoms with Crippen molar-refractivity contribution in [1.82, 2.24) is 4.90 Å². The molecule has 0 aliphatic carbocycles. The van der Waals surface area contributed by atoms with Crippen molar-refractivity contribution in [3.63, 3.8) is 0 Å². The molecule has 3 rings (SSSR count). The molecule has 0 unspecified atom stereocenters. The zero-order valence-electron chi connectivity index (χ0n) is 13.9. The van der Waals surface area contributed by atoms with Crippen LogP contribution in [0, 0.1) is 0 Å². The fourth-order valence-corrected chi connectivity index (χ4v) is 4.71. The highest BCUT2D eigenvalue weighted by molar-refractivity contribution is 7.90. The van der Waals surface area contributed by atoms with Gasteiger partial charge in [-0.15, -0.1) is 11.3 Å². The van der Waals surface area contributed by atoms with Gasteiger partial charge in [0.05, 0.1) is 40.3 Å². The second kappa shape index (κ2) is 7.45. The first-order valence-electron chi connectivity index (χ1n) is 8.00. The van der Waals surface area contributed by atoms with Gasteiger partial charge in [-0.3, -0.25) is 4.79 Å². The summed E-state index contributed by atoms with van der Waals surface area (Å²) in [7, 11) is -3.24. The molecule has 1 saturated heterocycles. The summed E-state index contributed by atoms with van der Waals surface area (Å²) in [6.07, 6.45) is 1.16. The Morgan fingerprint density at radius 1 is 1.16 bits per heavy atom. The van der Waals surface area contributed by atoms with Gasteiger partial charge in [0.1, 0.15) is 6.54 Å². The lowest BCUT2D eigenvalue weighted by Gasteiger charge is -2.32. The quantitative estimate of drug-likeness (QED) is 0.844. The molecule has 134 valence electrons. The van der Waals surface area contributed by atoms with Crippen LogP contribution in [0.15, 0.2) is 41.3 Å². The molecule has 2 heterocycles. The molecule has 5 nitrogen and oxygen atoms in total. The van der Waals surface area contributed by atoms with E-state index in [0.29, 0.717) is 18.7 Å². The van der Waals surface area contributed by atoms with Gasteiger partial charge in [-0.1, -0.05) is 11.6 Å². The number of nitrogens with zero attached hydrogens (tertiary/aromatic N) is 1. The number of hydrogen-bond donors (Lipinski definition) is 1. The van der Waals surface area contributed by atoms with Gasteiger partial charge in [-0.25, -0.2) is 8.42 Å². The number of carbonyl (C=O) groups is 1. The maximum absolute atomic E-state index is 12.6. The summed E-state index contributed by atoms with van der Waals surface area (Å²) in [5.74, 6) is -0.0433. The summed E-state index contributed by atoms with van der Waals surface area (Å²) in [4.78, 5) is 17.3. The van der Waals surface area contributed by atoms with Crippen molar-refractivity contribution in [2.24, 2.45) is 0 Å². The molecule has 1 amide bonds. The lowest BCUT2D eigenvalue weighted by atomic mass is 10.2. The van der Waals surface area contributed by atoms with Crippen LogP contribution in [-0.4, -0.2) is 51.7 Å². The number of thiophene rings is 1. The number of quaternary nitrogens is 1. The number of nitrogens with one attached hydrogen (secondary N) is 1. The largest absolute Gasteiger partial charge is 0.328 e. The molecule has 1 aliphatic rings. The zero-order valence-corrected chi connectivity index (χ0v) is 16.3. The van der Waals surface area contributed by atoms with Crippen LogP contribution in [0.2, 0.25) is 4.34 Å². The van der Waals surface area contributed by atoms with Crippen LogP contribution >= 0.6 is 22.9 Å². The molecule has 2 aromatic rings. The Bertz CT molecular complexity index is 854. The molecule has 0 atom stereocenters. The van der Waals surface area contributed by atoms with E-state index in [-0.39, 0.29) is 10.8 Å².